The zero-order valence-corrected chi connectivity index (χ0v) is 14.2. The molecule has 0 fully saturated rings. The van der Waals surface area contributed by atoms with Gasteiger partial charge in [-0.3, -0.25) is 9.59 Å². The molecule has 0 radical (unpaired) electrons. The molecule has 0 aliphatic heterocycles. The number of carbonyl (C=O) groups excluding carboxylic acids is 2. The fourth-order valence-corrected chi connectivity index (χ4v) is 2.32. The van der Waals surface area contributed by atoms with Gasteiger partial charge in [-0.05, 0) is 32.3 Å². The van der Waals surface area contributed by atoms with Crippen molar-refractivity contribution < 1.29 is 19.4 Å². The Balaban J connectivity index is 2.45. The van der Waals surface area contributed by atoms with Crippen molar-refractivity contribution in [1.29, 1.82) is 0 Å². The maximum Gasteiger partial charge on any atom is 0.307 e. The topological polar surface area (TPSA) is 66.8 Å². The van der Waals surface area contributed by atoms with Crippen molar-refractivity contribution in [3.63, 3.8) is 0 Å². The van der Waals surface area contributed by atoms with E-state index in [2.05, 4.69) is 29.0 Å². The first-order valence-corrected chi connectivity index (χ1v) is 8.00. The van der Waals surface area contributed by atoms with Gasteiger partial charge in [0.05, 0.1) is 19.6 Å². The standard InChI is InChI=1S/C18H27NO4/c1-14-7-9-16(10-8-14)5-4-6-17(21)19(13-15(2)20)12-11-18(22)23-3/h7-10,15,20H,4-6,11-13H2,1-3H3. The number of methoxy groups -OCH3 is 1. The number of aliphatic hydroxyl groups excluding tert-OH is 1. The molecule has 0 bridgehead atoms. The van der Waals surface area contributed by atoms with Crippen LogP contribution in [0, 0.1) is 6.92 Å². The van der Waals surface area contributed by atoms with E-state index in [1.54, 1.807) is 6.92 Å². The van der Waals surface area contributed by atoms with Crippen molar-refractivity contribution in [3.05, 3.63) is 35.4 Å². The lowest BCUT2D eigenvalue weighted by Gasteiger charge is -2.23. The largest absolute Gasteiger partial charge is 0.469 e. The number of amides is 1. The van der Waals surface area contributed by atoms with Gasteiger partial charge in [-0.15, -0.1) is 0 Å². The van der Waals surface area contributed by atoms with E-state index >= 15 is 0 Å². The van der Waals surface area contributed by atoms with Crippen LogP contribution in [0.3, 0.4) is 0 Å². The van der Waals surface area contributed by atoms with Crippen LogP contribution in [0.5, 0.6) is 0 Å². The number of ether oxygens (including phenoxy) is 1. The molecule has 0 aromatic heterocycles. The fourth-order valence-electron chi connectivity index (χ4n) is 2.32. The zero-order chi connectivity index (χ0) is 17.2. The highest BCUT2D eigenvalue weighted by Crippen LogP contribution is 2.09. The van der Waals surface area contributed by atoms with Gasteiger partial charge in [0, 0.05) is 19.5 Å². The van der Waals surface area contributed by atoms with Gasteiger partial charge in [0.1, 0.15) is 0 Å². The molecular formula is C18H27NO4. The minimum Gasteiger partial charge on any atom is -0.469 e. The second-order valence-corrected chi connectivity index (χ2v) is 5.85. The molecule has 1 aromatic rings. The summed E-state index contributed by atoms with van der Waals surface area (Å²) in [6.07, 6.45) is 1.52. The molecule has 0 saturated carbocycles. The molecule has 1 rings (SSSR count). The molecule has 0 spiro atoms. The summed E-state index contributed by atoms with van der Waals surface area (Å²) in [5.41, 5.74) is 2.43. The molecule has 1 unspecified atom stereocenters. The third-order valence-electron chi connectivity index (χ3n) is 3.63. The normalized spacial score (nSPS) is 11.8. The van der Waals surface area contributed by atoms with E-state index in [1.807, 2.05) is 6.92 Å². The van der Waals surface area contributed by atoms with Gasteiger partial charge < -0.3 is 14.7 Å². The van der Waals surface area contributed by atoms with E-state index in [0.29, 0.717) is 6.42 Å². The smallest absolute Gasteiger partial charge is 0.307 e. The molecule has 1 atom stereocenters. The predicted octanol–water partition coefficient (Wildman–Crippen LogP) is 2.09. The van der Waals surface area contributed by atoms with E-state index in [-0.39, 0.29) is 31.4 Å². The van der Waals surface area contributed by atoms with E-state index in [1.165, 1.54) is 23.1 Å². The molecular weight excluding hydrogens is 294 g/mol. The summed E-state index contributed by atoms with van der Waals surface area (Å²) in [6.45, 7) is 4.19. The Morgan fingerprint density at radius 2 is 1.87 bits per heavy atom. The number of carbonyl (C=O) groups is 2. The number of aliphatic hydroxyl groups is 1. The Bertz CT molecular complexity index is 496. The van der Waals surface area contributed by atoms with Crippen molar-refractivity contribution in [2.75, 3.05) is 20.2 Å². The summed E-state index contributed by atoms with van der Waals surface area (Å²) in [7, 11) is 1.32. The van der Waals surface area contributed by atoms with E-state index in [0.717, 1.165) is 12.8 Å². The SMILES string of the molecule is COC(=O)CCN(CC(C)O)C(=O)CCCc1ccc(C)cc1. The molecule has 0 heterocycles. The molecule has 23 heavy (non-hydrogen) atoms. The molecule has 1 N–H and O–H groups in total. The van der Waals surface area contributed by atoms with E-state index in [9.17, 15) is 14.7 Å². The lowest BCUT2D eigenvalue weighted by molar-refractivity contribution is -0.142. The van der Waals surface area contributed by atoms with Crippen LogP contribution in [-0.2, 0) is 20.7 Å². The van der Waals surface area contributed by atoms with Crippen molar-refractivity contribution in [2.45, 2.75) is 45.6 Å². The van der Waals surface area contributed by atoms with Crippen LogP contribution in [0.4, 0.5) is 0 Å². The first-order chi connectivity index (χ1) is 10.9. The number of nitrogens with zero attached hydrogens (tertiary/aromatic N) is 1. The van der Waals surface area contributed by atoms with E-state index < -0.39 is 6.10 Å². The summed E-state index contributed by atoms with van der Waals surface area (Å²) in [6, 6.07) is 8.27. The van der Waals surface area contributed by atoms with Crippen molar-refractivity contribution >= 4 is 11.9 Å². The van der Waals surface area contributed by atoms with E-state index in [4.69, 9.17) is 0 Å². The minimum absolute atomic E-state index is 0.0399. The maximum atomic E-state index is 12.3. The third-order valence-corrected chi connectivity index (χ3v) is 3.63. The van der Waals surface area contributed by atoms with Gasteiger partial charge in [-0.1, -0.05) is 29.8 Å². The maximum absolute atomic E-state index is 12.3. The number of rotatable bonds is 9. The molecule has 1 amide bonds. The average molecular weight is 321 g/mol. The van der Waals surface area contributed by atoms with Gasteiger partial charge in [0.2, 0.25) is 5.91 Å². The summed E-state index contributed by atoms with van der Waals surface area (Å²) >= 11 is 0. The lowest BCUT2D eigenvalue weighted by Crippen LogP contribution is -2.38. The average Bonchev–Trinajstić information content (AvgIpc) is 2.52. The monoisotopic (exact) mass is 321 g/mol. The molecule has 5 nitrogen and oxygen atoms in total. The molecule has 128 valence electrons. The number of benzene rings is 1. The Morgan fingerprint density at radius 3 is 2.43 bits per heavy atom. The highest BCUT2D eigenvalue weighted by Gasteiger charge is 2.16. The summed E-state index contributed by atoms with van der Waals surface area (Å²) in [5, 5.41) is 9.51. The highest BCUT2D eigenvalue weighted by molar-refractivity contribution is 5.77. The highest BCUT2D eigenvalue weighted by atomic mass is 16.5. The Kier molecular flexibility index (Phi) is 8.33. The van der Waals surface area contributed by atoms with Crippen LogP contribution < -0.4 is 0 Å². The van der Waals surface area contributed by atoms with Gasteiger partial charge in [-0.25, -0.2) is 0 Å². The Hall–Kier alpha value is -1.88. The van der Waals surface area contributed by atoms with Gasteiger partial charge >= 0.3 is 5.97 Å². The van der Waals surface area contributed by atoms with Crippen LogP contribution >= 0.6 is 0 Å². The number of esters is 1. The minimum atomic E-state index is -0.617. The number of hydrogen-bond acceptors (Lipinski definition) is 4. The Morgan fingerprint density at radius 1 is 1.22 bits per heavy atom. The molecule has 5 heteroatoms. The zero-order valence-electron chi connectivity index (χ0n) is 14.2. The van der Waals surface area contributed by atoms with Crippen molar-refractivity contribution in [1.82, 2.24) is 4.90 Å². The van der Waals surface area contributed by atoms with Crippen LogP contribution in [0.2, 0.25) is 0 Å². The van der Waals surface area contributed by atoms with Crippen molar-refractivity contribution in [3.8, 4) is 0 Å². The second kappa shape index (κ2) is 10.0. The van der Waals surface area contributed by atoms with Crippen molar-refractivity contribution in [2.24, 2.45) is 0 Å². The molecule has 0 aliphatic rings. The molecule has 0 saturated heterocycles. The quantitative estimate of drug-likeness (QED) is 0.707. The number of hydrogen-bond donors (Lipinski definition) is 1. The number of aryl methyl sites for hydroxylation is 2. The molecule has 0 aliphatic carbocycles. The second-order valence-electron chi connectivity index (χ2n) is 5.85. The van der Waals surface area contributed by atoms with Gasteiger partial charge in [0.25, 0.3) is 0 Å². The van der Waals surface area contributed by atoms with Crippen LogP contribution in [0.15, 0.2) is 24.3 Å². The first kappa shape index (κ1) is 19.2. The van der Waals surface area contributed by atoms with Gasteiger partial charge in [-0.2, -0.15) is 0 Å². The summed E-state index contributed by atoms with van der Waals surface area (Å²) < 4.78 is 4.59. The summed E-state index contributed by atoms with van der Waals surface area (Å²) in [5.74, 6) is -0.394. The van der Waals surface area contributed by atoms with Crippen LogP contribution in [0.25, 0.3) is 0 Å². The lowest BCUT2D eigenvalue weighted by atomic mass is 10.1. The first-order valence-electron chi connectivity index (χ1n) is 8.00. The molecule has 1 aromatic carbocycles. The summed E-state index contributed by atoms with van der Waals surface area (Å²) in [4.78, 5) is 25.1. The third kappa shape index (κ3) is 7.79. The van der Waals surface area contributed by atoms with Crippen LogP contribution in [0.1, 0.15) is 37.3 Å². The predicted molar refractivity (Wildman–Crippen MR) is 89.0 cm³/mol. The van der Waals surface area contributed by atoms with Crippen LogP contribution in [-0.4, -0.2) is 48.2 Å². The Labute approximate surface area is 138 Å². The fraction of sp³-hybridized carbons (Fsp3) is 0.556. The van der Waals surface area contributed by atoms with Gasteiger partial charge in [0.15, 0.2) is 0 Å².